The van der Waals surface area contributed by atoms with Crippen LogP contribution in [0.4, 0.5) is 0 Å². The van der Waals surface area contributed by atoms with Gasteiger partial charge in [0.25, 0.3) is 0 Å². The van der Waals surface area contributed by atoms with Crippen molar-refractivity contribution < 1.29 is 9.53 Å². The first kappa shape index (κ1) is 8.99. The fourth-order valence-electron chi connectivity index (χ4n) is 1.01. The van der Waals surface area contributed by atoms with Crippen LogP contribution in [0.2, 0.25) is 0 Å². The molecule has 1 heterocycles. The number of esters is 1. The van der Waals surface area contributed by atoms with Crippen LogP contribution in [0.1, 0.15) is 6.92 Å². The highest BCUT2D eigenvalue weighted by atomic mass is 16.5. The molecule has 2 N–H and O–H groups in total. The summed E-state index contributed by atoms with van der Waals surface area (Å²) in [5.41, 5.74) is 5.65. The molecule has 1 aliphatic rings. The molecule has 0 radical (unpaired) electrons. The summed E-state index contributed by atoms with van der Waals surface area (Å²) >= 11 is 0. The molecule has 2 unspecified atom stereocenters. The van der Waals surface area contributed by atoms with Crippen molar-refractivity contribution in [1.82, 2.24) is 5.01 Å². The van der Waals surface area contributed by atoms with E-state index in [0.717, 1.165) is 0 Å². The minimum Gasteiger partial charge on any atom is -0.465 e. The van der Waals surface area contributed by atoms with Gasteiger partial charge in [-0.25, -0.2) is 0 Å². The molecule has 0 aromatic carbocycles. The Morgan fingerprint density at radius 1 is 1.83 bits per heavy atom. The number of nitrogens with zero attached hydrogens (tertiary/aromatic N) is 2. The number of hydrogen-bond acceptors (Lipinski definition) is 5. The summed E-state index contributed by atoms with van der Waals surface area (Å²) in [6, 6.07) is 0. The van der Waals surface area contributed by atoms with E-state index in [9.17, 15) is 4.79 Å². The highest BCUT2D eigenvalue weighted by Gasteiger charge is 2.32. The summed E-state index contributed by atoms with van der Waals surface area (Å²) in [6.07, 6.45) is 1.13. The first-order chi connectivity index (χ1) is 5.66. The molecule has 0 spiro atoms. The molecular weight excluding hydrogens is 158 g/mol. The predicted octanol–water partition coefficient (Wildman–Crippen LogP) is -0.618. The van der Waals surface area contributed by atoms with E-state index >= 15 is 0 Å². The molecule has 1 rings (SSSR count). The summed E-state index contributed by atoms with van der Waals surface area (Å²) < 4.78 is 4.81. The van der Waals surface area contributed by atoms with Crippen molar-refractivity contribution in [2.24, 2.45) is 16.8 Å². The Labute approximate surface area is 71.2 Å². The number of hydrazone groups is 1. The van der Waals surface area contributed by atoms with Gasteiger partial charge in [0.05, 0.1) is 6.61 Å². The van der Waals surface area contributed by atoms with E-state index in [1.807, 2.05) is 0 Å². The molecule has 0 aliphatic carbocycles. The quantitative estimate of drug-likeness (QED) is 0.562. The van der Waals surface area contributed by atoms with E-state index in [0.29, 0.717) is 6.61 Å². The van der Waals surface area contributed by atoms with Crippen LogP contribution in [0.15, 0.2) is 5.10 Å². The molecule has 5 heteroatoms. The van der Waals surface area contributed by atoms with Crippen molar-refractivity contribution >= 4 is 12.2 Å². The monoisotopic (exact) mass is 171 g/mol. The fraction of sp³-hybridized carbons (Fsp3) is 0.714. The highest BCUT2D eigenvalue weighted by molar-refractivity contribution is 5.91. The van der Waals surface area contributed by atoms with E-state index in [1.54, 1.807) is 19.0 Å². The van der Waals surface area contributed by atoms with Crippen molar-refractivity contribution in [2.75, 3.05) is 13.7 Å². The van der Waals surface area contributed by atoms with E-state index in [-0.39, 0.29) is 12.1 Å². The Morgan fingerprint density at radius 3 is 2.92 bits per heavy atom. The minimum atomic E-state index is -0.421. The summed E-state index contributed by atoms with van der Waals surface area (Å²) in [6.45, 7) is 2.14. The van der Waals surface area contributed by atoms with Crippen LogP contribution in [0, 0.1) is 5.92 Å². The Kier molecular flexibility index (Phi) is 2.65. The molecule has 0 saturated carbocycles. The maximum atomic E-state index is 11.2. The van der Waals surface area contributed by atoms with Gasteiger partial charge in [0.2, 0.25) is 0 Å². The highest BCUT2D eigenvalue weighted by Crippen LogP contribution is 2.12. The van der Waals surface area contributed by atoms with E-state index in [4.69, 9.17) is 10.5 Å². The van der Waals surface area contributed by atoms with Gasteiger partial charge in [0.1, 0.15) is 12.1 Å². The first-order valence-corrected chi connectivity index (χ1v) is 3.86. The molecule has 0 fully saturated rings. The maximum absolute atomic E-state index is 11.2. The number of rotatable bonds is 2. The second-order valence-corrected chi connectivity index (χ2v) is 2.61. The van der Waals surface area contributed by atoms with Crippen molar-refractivity contribution in [1.29, 1.82) is 0 Å². The normalized spacial score (nSPS) is 27.8. The van der Waals surface area contributed by atoms with Gasteiger partial charge < -0.3 is 10.5 Å². The molecule has 1 aliphatic heterocycles. The molecular formula is C7H13N3O2. The third-order valence-corrected chi connectivity index (χ3v) is 1.77. The lowest BCUT2D eigenvalue weighted by atomic mass is 10.1. The van der Waals surface area contributed by atoms with Crippen LogP contribution < -0.4 is 5.73 Å². The van der Waals surface area contributed by atoms with Crippen molar-refractivity contribution in [3.05, 3.63) is 0 Å². The van der Waals surface area contributed by atoms with Crippen LogP contribution in [-0.4, -0.2) is 37.0 Å². The number of hydrogen-bond donors (Lipinski definition) is 1. The van der Waals surface area contributed by atoms with Gasteiger partial charge in [0.15, 0.2) is 0 Å². The second-order valence-electron chi connectivity index (χ2n) is 2.61. The largest absolute Gasteiger partial charge is 0.465 e. The van der Waals surface area contributed by atoms with Crippen LogP contribution in [-0.2, 0) is 9.53 Å². The van der Waals surface area contributed by atoms with Crippen LogP contribution in [0.3, 0.4) is 0 Å². The van der Waals surface area contributed by atoms with Gasteiger partial charge in [0, 0.05) is 13.3 Å². The average Bonchev–Trinajstić information content (AvgIpc) is 2.34. The zero-order chi connectivity index (χ0) is 9.14. The molecule has 2 atom stereocenters. The molecule has 68 valence electrons. The van der Waals surface area contributed by atoms with Crippen molar-refractivity contribution in [3.8, 4) is 0 Å². The van der Waals surface area contributed by atoms with Gasteiger partial charge in [-0.1, -0.05) is 0 Å². The van der Waals surface area contributed by atoms with Gasteiger partial charge in [-0.2, -0.15) is 5.10 Å². The maximum Gasteiger partial charge on any atom is 0.318 e. The van der Waals surface area contributed by atoms with Gasteiger partial charge in [-0.05, 0) is 6.92 Å². The third kappa shape index (κ3) is 1.55. The SMILES string of the molecule is CCOC(=O)C1C=NN(C)C1N. The molecule has 12 heavy (non-hydrogen) atoms. The zero-order valence-corrected chi connectivity index (χ0v) is 7.23. The molecule has 5 nitrogen and oxygen atoms in total. The number of nitrogens with two attached hydrogens (primary N) is 1. The lowest BCUT2D eigenvalue weighted by molar-refractivity contribution is -0.146. The topological polar surface area (TPSA) is 67.9 Å². The van der Waals surface area contributed by atoms with E-state index < -0.39 is 5.92 Å². The van der Waals surface area contributed by atoms with Gasteiger partial charge in [-0.15, -0.1) is 0 Å². The van der Waals surface area contributed by atoms with Crippen LogP contribution in [0.25, 0.3) is 0 Å². The predicted molar refractivity (Wildman–Crippen MR) is 44.4 cm³/mol. The van der Waals surface area contributed by atoms with Crippen molar-refractivity contribution in [3.63, 3.8) is 0 Å². The molecule has 0 bridgehead atoms. The zero-order valence-electron chi connectivity index (χ0n) is 7.23. The number of ether oxygens (including phenoxy) is 1. The summed E-state index contributed by atoms with van der Waals surface area (Å²) in [5, 5.41) is 5.43. The summed E-state index contributed by atoms with van der Waals surface area (Å²) in [5.74, 6) is -0.729. The Morgan fingerprint density at radius 2 is 2.50 bits per heavy atom. The van der Waals surface area contributed by atoms with Gasteiger partial charge in [-0.3, -0.25) is 9.80 Å². The third-order valence-electron chi connectivity index (χ3n) is 1.77. The fourth-order valence-corrected chi connectivity index (χ4v) is 1.01. The number of carbonyl (C=O) groups excluding carboxylic acids is 1. The Balaban J connectivity index is 2.54. The average molecular weight is 171 g/mol. The standard InChI is InChI=1S/C7H13N3O2/c1-3-12-7(11)5-4-9-10(2)6(5)8/h4-6H,3,8H2,1-2H3. The minimum absolute atomic E-state index is 0.307. The molecule has 0 saturated heterocycles. The summed E-state index contributed by atoms with van der Waals surface area (Å²) in [7, 11) is 1.72. The molecule has 0 amide bonds. The van der Waals surface area contributed by atoms with Crippen LogP contribution in [0.5, 0.6) is 0 Å². The Bertz CT molecular complexity index is 205. The van der Waals surface area contributed by atoms with E-state index in [2.05, 4.69) is 5.10 Å². The van der Waals surface area contributed by atoms with E-state index in [1.165, 1.54) is 6.21 Å². The van der Waals surface area contributed by atoms with Crippen LogP contribution >= 0.6 is 0 Å². The Hall–Kier alpha value is -1.10. The van der Waals surface area contributed by atoms with Crippen molar-refractivity contribution in [2.45, 2.75) is 13.1 Å². The van der Waals surface area contributed by atoms with Gasteiger partial charge >= 0.3 is 5.97 Å². The number of carbonyl (C=O) groups is 1. The first-order valence-electron chi connectivity index (χ1n) is 3.86. The smallest absolute Gasteiger partial charge is 0.318 e. The molecule has 0 aromatic rings. The second kappa shape index (κ2) is 3.53. The lowest BCUT2D eigenvalue weighted by Crippen LogP contribution is -2.42. The lowest BCUT2D eigenvalue weighted by Gasteiger charge is -2.18. The molecule has 0 aromatic heterocycles. The summed E-state index contributed by atoms with van der Waals surface area (Å²) in [4.78, 5) is 11.2.